The zero-order chi connectivity index (χ0) is 17.8. The van der Waals surface area contributed by atoms with Crippen molar-refractivity contribution in [3.63, 3.8) is 0 Å². The van der Waals surface area contributed by atoms with Gasteiger partial charge in [0, 0.05) is 22.0 Å². The summed E-state index contributed by atoms with van der Waals surface area (Å²) in [7, 11) is -3.88. The van der Waals surface area contributed by atoms with Crippen LogP contribution in [0.4, 0.5) is 11.4 Å². The Morgan fingerprint density at radius 2 is 1.88 bits per heavy atom. The van der Waals surface area contributed by atoms with Crippen LogP contribution in [-0.4, -0.2) is 19.4 Å². The Labute approximate surface area is 151 Å². The molecule has 6 nitrogen and oxygen atoms in total. The van der Waals surface area contributed by atoms with Gasteiger partial charge < -0.3 is 10.4 Å². The lowest BCUT2D eigenvalue weighted by molar-refractivity contribution is 0.103. The maximum absolute atomic E-state index is 12.8. The fourth-order valence-electron chi connectivity index (χ4n) is 2.88. The molecule has 0 bridgehead atoms. The van der Waals surface area contributed by atoms with E-state index in [9.17, 15) is 18.3 Å². The van der Waals surface area contributed by atoms with Gasteiger partial charge >= 0.3 is 0 Å². The van der Waals surface area contributed by atoms with Crippen molar-refractivity contribution in [1.29, 1.82) is 0 Å². The summed E-state index contributed by atoms with van der Waals surface area (Å²) in [5.74, 6) is -0.233. The third-order valence-corrected chi connectivity index (χ3v) is 6.06. The summed E-state index contributed by atoms with van der Waals surface area (Å²) in [4.78, 5) is 12.0. The molecule has 0 saturated heterocycles. The number of aromatic hydroxyl groups is 1. The van der Waals surface area contributed by atoms with E-state index in [1.807, 2.05) is 0 Å². The van der Waals surface area contributed by atoms with Crippen LogP contribution in [0.15, 0.2) is 57.9 Å². The lowest BCUT2D eigenvalue weighted by Crippen LogP contribution is -2.13. The van der Waals surface area contributed by atoms with Gasteiger partial charge in [0.05, 0.1) is 15.1 Å². The van der Waals surface area contributed by atoms with Crippen LogP contribution in [0.25, 0.3) is 10.8 Å². The molecule has 0 saturated carbocycles. The van der Waals surface area contributed by atoms with Gasteiger partial charge in [0.2, 0.25) is 0 Å². The zero-order valence-corrected chi connectivity index (χ0v) is 15.0. The average molecular weight is 419 g/mol. The number of hydrogen-bond donors (Lipinski definition) is 3. The van der Waals surface area contributed by atoms with Crippen LogP contribution in [0.5, 0.6) is 5.75 Å². The van der Waals surface area contributed by atoms with Crippen molar-refractivity contribution < 1.29 is 18.3 Å². The molecule has 0 spiro atoms. The number of halogens is 1. The Hall–Kier alpha value is -2.58. The van der Waals surface area contributed by atoms with Crippen LogP contribution in [-0.2, 0) is 10.0 Å². The first-order chi connectivity index (χ1) is 11.9. The third-order valence-electron chi connectivity index (χ3n) is 3.98. The number of carbonyl (C=O) groups excluding carboxylic acids is 1. The molecule has 0 atom stereocenters. The smallest absolute Gasteiger partial charge is 0.262 e. The molecule has 1 amide bonds. The van der Waals surface area contributed by atoms with Crippen LogP contribution >= 0.6 is 15.9 Å². The van der Waals surface area contributed by atoms with E-state index in [1.165, 1.54) is 24.3 Å². The Kier molecular flexibility index (Phi) is 3.48. The summed E-state index contributed by atoms with van der Waals surface area (Å²) in [5, 5.41) is 13.3. The highest BCUT2D eigenvalue weighted by molar-refractivity contribution is 9.10. The molecule has 0 aliphatic carbocycles. The third kappa shape index (κ3) is 2.54. The van der Waals surface area contributed by atoms with Gasteiger partial charge in [0.1, 0.15) is 5.75 Å². The molecule has 0 radical (unpaired) electrons. The summed E-state index contributed by atoms with van der Waals surface area (Å²) in [6.45, 7) is 0. The minimum absolute atomic E-state index is 0.0119. The summed E-state index contributed by atoms with van der Waals surface area (Å²) in [6, 6.07) is 12.4. The molecule has 0 aromatic heterocycles. The average Bonchev–Trinajstić information content (AvgIpc) is 2.89. The molecule has 0 fully saturated rings. The Morgan fingerprint density at radius 1 is 1.08 bits per heavy atom. The largest absolute Gasteiger partial charge is 0.507 e. The number of nitrogens with one attached hydrogen (secondary N) is 2. The van der Waals surface area contributed by atoms with Gasteiger partial charge in [-0.25, -0.2) is 8.42 Å². The van der Waals surface area contributed by atoms with Crippen molar-refractivity contribution >= 4 is 54.0 Å². The van der Waals surface area contributed by atoms with Crippen LogP contribution in [0.1, 0.15) is 10.4 Å². The van der Waals surface area contributed by atoms with Crippen molar-refractivity contribution in [1.82, 2.24) is 0 Å². The van der Waals surface area contributed by atoms with Crippen LogP contribution in [0.3, 0.4) is 0 Å². The summed E-state index contributed by atoms with van der Waals surface area (Å²) < 4.78 is 28.6. The topological polar surface area (TPSA) is 95.5 Å². The summed E-state index contributed by atoms with van der Waals surface area (Å²) in [5.41, 5.74) is 1.36. The van der Waals surface area contributed by atoms with Gasteiger partial charge in [-0.2, -0.15) is 0 Å². The monoisotopic (exact) mass is 418 g/mol. The molecule has 3 N–H and O–H groups in total. The SMILES string of the molecule is O=C1Nc2ccc(S(=O)(=O)Nc3ccc(O)c(Br)c3)c3cccc1c23. The highest BCUT2D eigenvalue weighted by Crippen LogP contribution is 2.37. The Balaban J connectivity index is 1.85. The van der Waals surface area contributed by atoms with Gasteiger partial charge in [-0.3, -0.25) is 9.52 Å². The van der Waals surface area contributed by atoms with E-state index in [2.05, 4.69) is 26.0 Å². The highest BCUT2D eigenvalue weighted by atomic mass is 79.9. The zero-order valence-electron chi connectivity index (χ0n) is 12.6. The highest BCUT2D eigenvalue weighted by Gasteiger charge is 2.26. The van der Waals surface area contributed by atoms with E-state index in [0.29, 0.717) is 32.2 Å². The standard InChI is InChI=1S/C17H11BrN2O4S/c18-12-8-9(4-6-14(12)21)20-25(23,24)15-7-5-13-16-10(15)2-1-3-11(16)17(22)19-13/h1-8,20-21H,(H,19,22). The molecule has 1 aliphatic heterocycles. The summed E-state index contributed by atoms with van der Waals surface area (Å²) in [6.07, 6.45) is 0. The predicted molar refractivity (Wildman–Crippen MR) is 98.5 cm³/mol. The lowest BCUT2D eigenvalue weighted by Gasteiger charge is -2.12. The van der Waals surface area contributed by atoms with Gasteiger partial charge in [-0.1, -0.05) is 12.1 Å². The number of anilines is 2. The first-order valence-electron chi connectivity index (χ1n) is 7.25. The number of amides is 1. The van der Waals surface area contributed by atoms with E-state index in [0.717, 1.165) is 0 Å². The number of benzene rings is 3. The Morgan fingerprint density at radius 3 is 2.64 bits per heavy atom. The first-order valence-corrected chi connectivity index (χ1v) is 9.53. The minimum atomic E-state index is -3.88. The van der Waals surface area contributed by atoms with E-state index in [1.54, 1.807) is 24.3 Å². The van der Waals surface area contributed by atoms with Gasteiger partial charge in [-0.05, 0) is 52.3 Å². The molecule has 0 unspecified atom stereocenters. The number of phenolic OH excluding ortho intramolecular Hbond substituents is 1. The van der Waals surface area contributed by atoms with Crippen molar-refractivity contribution in [3.05, 3.63) is 58.6 Å². The number of hydrogen-bond acceptors (Lipinski definition) is 4. The maximum atomic E-state index is 12.8. The summed E-state index contributed by atoms with van der Waals surface area (Å²) >= 11 is 3.15. The number of phenols is 1. The van der Waals surface area contributed by atoms with E-state index in [-0.39, 0.29) is 16.6 Å². The molecule has 1 heterocycles. The normalized spacial score (nSPS) is 13.1. The quantitative estimate of drug-likeness (QED) is 0.565. The van der Waals surface area contributed by atoms with E-state index >= 15 is 0 Å². The number of carbonyl (C=O) groups is 1. The van der Waals surface area contributed by atoms with Gasteiger partial charge in [0.15, 0.2) is 0 Å². The number of sulfonamides is 1. The minimum Gasteiger partial charge on any atom is -0.507 e. The van der Waals surface area contributed by atoms with Crippen molar-refractivity contribution in [2.45, 2.75) is 4.90 Å². The van der Waals surface area contributed by atoms with Crippen molar-refractivity contribution in [2.75, 3.05) is 10.0 Å². The van der Waals surface area contributed by atoms with Crippen LogP contribution in [0.2, 0.25) is 0 Å². The predicted octanol–water partition coefficient (Wildman–Crippen LogP) is 3.67. The molecule has 3 aromatic rings. The molecule has 25 heavy (non-hydrogen) atoms. The first kappa shape index (κ1) is 15.9. The van der Waals surface area contributed by atoms with Crippen molar-refractivity contribution in [2.24, 2.45) is 0 Å². The molecule has 4 rings (SSSR count). The second-order valence-corrected chi connectivity index (χ2v) is 8.07. The van der Waals surface area contributed by atoms with E-state index < -0.39 is 10.0 Å². The van der Waals surface area contributed by atoms with Crippen LogP contribution < -0.4 is 10.0 Å². The number of rotatable bonds is 3. The molecular weight excluding hydrogens is 408 g/mol. The lowest BCUT2D eigenvalue weighted by atomic mass is 10.1. The molecule has 3 aromatic carbocycles. The Bertz CT molecular complexity index is 1160. The second kappa shape index (κ2) is 5.47. The molecular formula is C17H11BrN2O4S. The second-order valence-electron chi connectivity index (χ2n) is 5.57. The van der Waals surface area contributed by atoms with Gasteiger partial charge in [-0.15, -0.1) is 0 Å². The fraction of sp³-hybridized carbons (Fsp3) is 0. The van der Waals surface area contributed by atoms with Crippen LogP contribution in [0, 0.1) is 0 Å². The molecule has 8 heteroatoms. The van der Waals surface area contributed by atoms with Crippen molar-refractivity contribution in [3.8, 4) is 5.75 Å². The molecule has 1 aliphatic rings. The van der Waals surface area contributed by atoms with Gasteiger partial charge in [0.25, 0.3) is 15.9 Å². The fourth-order valence-corrected chi connectivity index (χ4v) is 4.51. The van der Waals surface area contributed by atoms with E-state index in [4.69, 9.17) is 0 Å². The molecule has 126 valence electrons. The maximum Gasteiger partial charge on any atom is 0.262 e.